The van der Waals surface area contributed by atoms with Crippen molar-refractivity contribution >= 4 is 7.82 Å². The van der Waals surface area contributed by atoms with Crippen molar-refractivity contribution in [2.45, 2.75) is 122 Å². The third kappa shape index (κ3) is 20.9. The summed E-state index contributed by atoms with van der Waals surface area (Å²) in [6, 6.07) is 0. The van der Waals surface area contributed by atoms with E-state index in [2.05, 4.69) is 11.6 Å². The smallest absolute Gasteiger partial charge is 0.373 e. The van der Waals surface area contributed by atoms with Crippen LogP contribution < -0.4 is 0 Å². The number of hydrogen-bond donors (Lipinski definition) is 1. The Hall–Kier alpha value is -0.0500. The van der Waals surface area contributed by atoms with Crippen LogP contribution in [0.1, 0.15) is 110 Å². The zero-order chi connectivity index (χ0) is 26.5. The summed E-state index contributed by atoms with van der Waals surface area (Å²) in [7, 11) is 1.68. The average molecular weight is 539 g/mol. The Kier molecular flexibility index (Phi) is 19.7. The number of likely N-dealkylation sites (N-methyl/N-ethyl adjacent to an activating group) is 1. The first-order chi connectivity index (χ1) is 17.2. The second-order valence-electron chi connectivity index (χ2n) is 11.3. The van der Waals surface area contributed by atoms with Crippen molar-refractivity contribution in [2.75, 3.05) is 54.1 Å². The van der Waals surface area contributed by atoms with Gasteiger partial charge in [-0.05, 0) is 6.42 Å². The molecule has 1 heterocycles. The Bertz CT molecular complexity index is 551. The van der Waals surface area contributed by atoms with Crippen LogP contribution in [-0.2, 0) is 28.1 Å². The van der Waals surface area contributed by atoms with E-state index < -0.39 is 7.82 Å². The Balaban J connectivity index is 1.88. The van der Waals surface area contributed by atoms with Crippen molar-refractivity contribution in [3.05, 3.63) is 0 Å². The predicted molar refractivity (Wildman–Crippen MR) is 145 cm³/mol. The van der Waals surface area contributed by atoms with Gasteiger partial charge in [-0.3, -0.25) is 4.52 Å². The number of unbranched alkanes of at least 4 members (excludes halogenated alkanes) is 14. The van der Waals surface area contributed by atoms with Crippen molar-refractivity contribution < 1.29 is 37.5 Å². The molecule has 3 atom stereocenters. The zero-order valence-electron chi connectivity index (χ0n) is 23.8. The van der Waals surface area contributed by atoms with Gasteiger partial charge in [-0.1, -0.05) is 103 Å². The molecule has 0 aromatic rings. The van der Waals surface area contributed by atoms with Gasteiger partial charge in [-0.25, -0.2) is 9.45 Å². The first kappa shape index (κ1) is 34.0. The summed E-state index contributed by atoms with van der Waals surface area (Å²) in [6.07, 6.45) is 21.3. The molecule has 0 aromatic heterocycles. The van der Waals surface area contributed by atoms with Crippen LogP contribution >= 0.6 is 7.82 Å². The lowest BCUT2D eigenvalue weighted by Gasteiger charge is -2.29. The molecule has 0 saturated carbocycles. The van der Waals surface area contributed by atoms with Gasteiger partial charge in [0.2, 0.25) is 0 Å². The SMILES string of the molecule is CCCCCCCCCCCCCCCCC[C@H]1CO[C@@H](COOP(=O)(O)OCC[N+](C)(C)C)CO1. The van der Waals surface area contributed by atoms with Crippen LogP contribution in [0.4, 0.5) is 0 Å². The van der Waals surface area contributed by atoms with Crippen molar-refractivity contribution in [3.63, 3.8) is 0 Å². The molecule has 1 N–H and O–H groups in total. The lowest BCUT2D eigenvalue weighted by atomic mass is 10.0. The minimum atomic E-state index is -4.23. The third-order valence-electron chi connectivity index (χ3n) is 6.58. The largest absolute Gasteiger partial charge is 0.499 e. The van der Waals surface area contributed by atoms with Crippen molar-refractivity contribution in [3.8, 4) is 0 Å². The molecular weight excluding hydrogens is 481 g/mol. The molecule has 0 amide bonds. The van der Waals surface area contributed by atoms with Crippen LogP contribution in [0.3, 0.4) is 0 Å². The fraction of sp³-hybridized carbons (Fsp3) is 1.00. The molecule has 0 bridgehead atoms. The zero-order valence-corrected chi connectivity index (χ0v) is 24.7. The number of rotatable bonds is 24. The van der Waals surface area contributed by atoms with Gasteiger partial charge >= 0.3 is 7.82 Å². The van der Waals surface area contributed by atoms with Crippen LogP contribution in [0.25, 0.3) is 0 Å². The highest BCUT2D eigenvalue weighted by molar-refractivity contribution is 7.47. The second kappa shape index (κ2) is 20.9. The van der Waals surface area contributed by atoms with Gasteiger partial charge in [0.15, 0.2) is 0 Å². The molecule has 1 fully saturated rings. The third-order valence-corrected chi connectivity index (χ3v) is 7.39. The van der Waals surface area contributed by atoms with Gasteiger partial charge < -0.3 is 18.9 Å². The Labute approximate surface area is 221 Å². The summed E-state index contributed by atoms with van der Waals surface area (Å²) in [5.41, 5.74) is 0. The van der Waals surface area contributed by atoms with Gasteiger partial charge in [-0.15, -0.1) is 4.67 Å². The lowest BCUT2D eigenvalue weighted by molar-refractivity contribution is -0.870. The summed E-state index contributed by atoms with van der Waals surface area (Å²) in [4.78, 5) is 14.6. The first-order valence-electron chi connectivity index (χ1n) is 14.5. The molecule has 1 unspecified atom stereocenters. The molecule has 1 rings (SSSR count). The van der Waals surface area contributed by atoms with Gasteiger partial charge in [0, 0.05) is 0 Å². The quantitative estimate of drug-likeness (QED) is 0.0475. The summed E-state index contributed by atoms with van der Waals surface area (Å²) >= 11 is 0. The van der Waals surface area contributed by atoms with Crippen molar-refractivity contribution in [1.29, 1.82) is 0 Å². The average Bonchev–Trinajstić information content (AvgIpc) is 2.81. The maximum absolute atomic E-state index is 11.8. The fourth-order valence-electron chi connectivity index (χ4n) is 4.21. The number of phosphoric ester groups is 1. The summed E-state index contributed by atoms with van der Waals surface area (Å²) in [5, 5.41) is 0. The molecular formula is C27H57NO7P+. The molecule has 0 aliphatic carbocycles. The van der Waals surface area contributed by atoms with E-state index in [0.29, 0.717) is 24.2 Å². The number of ether oxygens (including phenoxy) is 2. The van der Waals surface area contributed by atoms with E-state index in [1.165, 1.54) is 89.9 Å². The summed E-state index contributed by atoms with van der Waals surface area (Å²) in [5.74, 6) is 0. The molecule has 36 heavy (non-hydrogen) atoms. The highest BCUT2D eigenvalue weighted by Crippen LogP contribution is 2.43. The van der Waals surface area contributed by atoms with Crippen molar-refractivity contribution in [1.82, 2.24) is 0 Å². The molecule has 1 aliphatic rings. The Morgan fingerprint density at radius 1 is 0.778 bits per heavy atom. The predicted octanol–water partition coefficient (Wildman–Crippen LogP) is 6.80. The molecule has 9 heteroatoms. The van der Waals surface area contributed by atoms with Crippen LogP contribution in [0.2, 0.25) is 0 Å². The van der Waals surface area contributed by atoms with Gasteiger partial charge in [0.1, 0.15) is 25.9 Å². The normalized spacial score (nSPS) is 20.5. The molecule has 8 nitrogen and oxygen atoms in total. The van der Waals surface area contributed by atoms with Crippen LogP contribution in [0.5, 0.6) is 0 Å². The highest BCUT2D eigenvalue weighted by Gasteiger charge is 2.27. The monoisotopic (exact) mass is 538 g/mol. The van der Waals surface area contributed by atoms with E-state index in [1.54, 1.807) is 0 Å². The fourth-order valence-corrected chi connectivity index (χ4v) is 4.76. The van der Waals surface area contributed by atoms with E-state index in [1.807, 2.05) is 21.1 Å². The standard InChI is InChI=1S/C27H56NO7P/c1-5-6-7-8-9-10-11-12-13-14-15-16-17-18-19-20-26-23-32-27(24-31-26)25-33-35-36(29,30)34-22-21-28(2,3)4/h26-27H,5-25H2,1-4H3/p+1/t26-,27+/m0/s1. The minimum absolute atomic E-state index is 0.0227. The number of quaternary nitrogens is 1. The number of nitrogens with zero attached hydrogens (tertiary/aromatic N) is 1. The highest BCUT2D eigenvalue weighted by atomic mass is 31.2. The van der Waals surface area contributed by atoms with Crippen LogP contribution in [0, 0.1) is 0 Å². The lowest BCUT2D eigenvalue weighted by Crippen LogP contribution is -2.38. The molecule has 0 spiro atoms. The number of hydrogen-bond acceptors (Lipinski definition) is 6. The van der Waals surface area contributed by atoms with Gasteiger partial charge in [0.25, 0.3) is 0 Å². The molecule has 0 aromatic carbocycles. The van der Waals surface area contributed by atoms with Crippen molar-refractivity contribution in [2.24, 2.45) is 0 Å². The number of phosphoric acid groups is 1. The molecule has 1 aliphatic heterocycles. The molecule has 0 radical (unpaired) electrons. The maximum atomic E-state index is 11.8. The summed E-state index contributed by atoms with van der Waals surface area (Å²) in [6.45, 7) is 3.89. The first-order valence-corrected chi connectivity index (χ1v) is 16.0. The Morgan fingerprint density at radius 3 is 1.72 bits per heavy atom. The van der Waals surface area contributed by atoms with E-state index in [-0.39, 0.29) is 25.4 Å². The van der Waals surface area contributed by atoms with E-state index in [4.69, 9.17) is 18.9 Å². The van der Waals surface area contributed by atoms with E-state index in [9.17, 15) is 9.46 Å². The van der Waals surface area contributed by atoms with E-state index >= 15 is 0 Å². The van der Waals surface area contributed by atoms with Gasteiger partial charge in [-0.2, -0.15) is 0 Å². The van der Waals surface area contributed by atoms with Gasteiger partial charge in [0.05, 0.1) is 40.5 Å². The van der Waals surface area contributed by atoms with E-state index in [0.717, 1.165) is 12.8 Å². The molecule has 216 valence electrons. The van der Waals surface area contributed by atoms with Crippen LogP contribution in [-0.4, -0.2) is 75.7 Å². The topological polar surface area (TPSA) is 83.5 Å². The van der Waals surface area contributed by atoms with Crippen LogP contribution in [0.15, 0.2) is 0 Å². The Morgan fingerprint density at radius 2 is 1.25 bits per heavy atom. The summed E-state index contributed by atoms with van der Waals surface area (Å²) < 4.78 is 33.6. The minimum Gasteiger partial charge on any atom is -0.373 e. The molecule has 1 saturated heterocycles. The maximum Gasteiger partial charge on any atom is 0.499 e. The second-order valence-corrected chi connectivity index (χ2v) is 12.7.